The number of likely N-dealkylation sites (tertiary alicyclic amines) is 1. The molecule has 1 saturated heterocycles. The van der Waals surface area contributed by atoms with Crippen LogP contribution in [0, 0.1) is 5.92 Å². The summed E-state index contributed by atoms with van der Waals surface area (Å²) in [6.07, 6.45) is 2.38. The lowest BCUT2D eigenvalue weighted by Crippen LogP contribution is -2.44. The van der Waals surface area contributed by atoms with Crippen molar-refractivity contribution in [2.45, 2.75) is 25.9 Å². The van der Waals surface area contributed by atoms with Crippen molar-refractivity contribution < 1.29 is 19.1 Å². The van der Waals surface area contributed by atoms with E-state index in [1.165, 1.54) is 0 Å². The van der Waals surface area contributed by atoms with Crippen LogP contribution in [0.2, 0.25) is 0 Å². The summed E-state index contributed by atoms with van der Waals surface area (Å²) < 4.78 is 5.20. The van der Waals surface area contributed by atoms with Gasteiger partial charge in [0.15, 0.2) is 0 Å². The third-order valence-electron chi connectivity index (χ3n) is 3.79. The minimum absolute atomic E-state index is 0.0793. The van der Waals surface area contributed by atoms with Crippen LogP contribution in [0.1, 0.15) is 19.1 Å². The number of carboxylic acids is 1. The van der Waals surface area contributed by atoms with Crippen LogP contribution in [0.4, 0.5) is 0 Å². The van der Waals surface area contributed by atoms with Crippen molar-refractivity contribution in [2.24, 2.45) is 5.92 Å². The number of nitrogens with zero attached hydrogens (tertiary/aromatic N) is 2. The zero-order chi connectivity index (χ0) is 14.7. The molecule has 0 aliphatic carbocycles. The second-order valence-corrected chi connectivity index (χ2v) is 5.35. The summed E-state index contributed by atoms with van der Waals surface area (Å²) in [5.41, 5.74) is 0. The fourth-order valence-electron chi connectivity index (χ4n) is 2.62. The first-order chi connectivity index (χ1) is 9.49. The molecule has 20 heavy (non-hydrogen) atoms. The molecular formula is C14H20N2O4. The highest BCUT2D eigenvalue weighted by Gasteiger charge is 2.37. The quantitative estimate of drug-likeness (QED) is 0.872. The number of hydrogen-bond donors (Lipinski definition) is 1. The molecule has 0 aromatic carbocycles. The highest BCUT2D eigenvalue weighted by atomic mass is 16.4. The van der Waals surface area contributed by atoms with Gasteiger partial charge in [0.2, 0.25) is 5.91 Å². The van der Waals surface area contributed by atoms with E-state index < -0.39 is 12.0 Å². The molecule has 1 aliphatic rings. The Balaban J connectivity index is 1.92. The molecule has 1 aromatic heterocycles. The highest BCUT2D eigenvalue weighted by molar-refractivity contribution is 5.80. The molecule has 0 bridgehead atoms. The molecule has 0 saturated carbocycles. The van der Waals surface area contributed by atoms with E-state index in [4.69, 9.17) is 4.42 Å². The summed E-state index contributed by atoms with van der Waals surface area (Å²) in [6.45, 7) is 3.10. The minimum atomic E-state index is -0.850. The van der Waals surface area contributed by atoms with Gasteiger partial charge in [-0.2, -0.15) is 0 Å². The van der Waals surface area contributed by atoms with Gasteiger partial charge >= 0.3 is 5.97 Å². The minimum Gasteiger partial charge on any atom is -0.480 e. The first-order valence-corrected chi connectivity index (χ1v) is 6.72. The third kappa shape index (κ3) is 3.19. The lowest BCUT2D eigenvalue weighted by atomic mass is 10.0. The van der Waals surface area contributed by atoms with Crippen molar-refractivity contribution in [3.63, 3.8) is 0 Å². The van der Waals surface area contributed by atoms with Crippen molar-refractivity contribution in [2.75, 3.05) is 20.1 Å². The van der Waals surface area contributed by atoms with Crippen molar-refractivity contribution in [3.05, 3.63) is 24.2 Å². The summed E-state index contributed by atoms with van der Waals surface area (Å²) in [6, 6.07) is 3.02. The Morgan fingerprint density at radius 3 is 2.90 bits per heavy atom. The van der Waals surface area contributed by atoms with E-state index in [0.717, 1.165) is 6.42 Å². The van der Waals surface area contributed by atoms with Crippen molar-refractivity contribution in [3.8, 4) is 0 Å². The summed E-state index contributed by atoms with van der Waals surface area (Å²) in [4.78, 5) is 26.7. The van der Waals surface area contributed by atoms with Crippen molar-refractivity contribution >= 4 is 11.9 Å². The predicted octanol–water partition coefficient (Wildman–Crippen LogP) is 1.03. The Hall–Kier alpha value is -1.82. The van der Waals surface area contributed by atoms with E-state index in [9.17, 15) is 14.7 Å². The van der Waals surface area contributed by atoms with Crippen molar-refractivity contribution in [1.29, 1.82) is 0 Å². The van der Waals surface area contributed by atoms with Crippen LogP contribution in [-0.2, 0) is 16.1 Å². The molecule has 1 aliphatic heterocycles. The third-order valence-corrected chi connectivity index (χ3v) is 3.79. The molecule has 0 spiro atoms. The second-order valence-electron chi connectivity index (χ2n) is 5.35. The Bertz CT molecular complexity index is 472. The van der Waals surface area contributed by atoms with Gasteiger partial charge in [0.25, 0.3) is 0 Å². The largest absolute Gasteiger partial charge is 0.480 e. The molecule has 2 rings (SSSR count). The Morgan fingerprint density at radius 2 is 2.30 bits per heavy atom. The molecular weight excluding hydrogens is 260 g/mol. The summed E-state index contributed by atoms with van der Waals surface area (Å²) in [7, 11) is 1.69. The van der Waals surface area contributed by atoms with Crippen LogP contribution in [0.5, 0.6) is 0 Å². The topological polar surface area (TPSA) is 74.0 Å². The van der Waals surface area contributed by atoms with Crippen LogP contribution in [0.25, 0.3) is 0 Å². The normalized spacial score (nSPS) is 22.9. The molecule has 6 nitrogen and oxygen atoms in total. The van der Waals surface area contributed by atoms with Crippen LogP contribution < -0.4 is 0 Å². The Labute approximate surface area is 118 Å². The van der Waals surface area contributed by atoms with Gasteiger partial charge in [-0.05, 0) is 31.0 Å². The number of amides is 1. The van der Waals surface area contributed by atoms with Crippen LogP contribution >= 0.6 is 0 Å². The maximum absolute atomic E-state index is 12.1. The number of aliphatic carboxylic acids is 1. The van der Waals surface area contributed by atoms with E-state index in [1.54, 1.807) is 29.2 Å². The van der Waals surface area contributed by atoms with Gasteiger partial charge < -0.3 is 14.4 Å². The summed E-state index contributed by atoms with van der Waals surface area (Å²) >= 11 is 0. The number of carboxylic acid groups (broad SMARTS) is 1. The van der Waals surface area contributed by atoms with E-state index in [0.29, 0.717) is 18.8 Å². The summed E-state index contributed by atoms with van der Waals surface area (Å²) in [5.74, 6) is -0.153. The van der Waals surface area contributed by atoms with Gasteiger partial charge in [-0.3, -0.25) is 14.5 Å². The molecule has 1 N–H and O–H groups in total. The Morgan fingerprint density at radius 1 is 1.55 bits per heavy atom. The summed E-state index contributed by atoms with van der Waals surface area (Å²) in [5, 5.41) is 9.23. The maximum atomic E-state index is 12.1. The second kappa shape index (κ2) is 6.09. The van der Waals surface area contributed by atoms with Gasteiger partial charge in [-0.25, -0.2) is 0 Å². The van der Waals surface area contributed by atoms with E-state index in [1.807, 2.05) is 13.0 Å². The highest BCUT2D eigenvalue weighted by Crippen LogP contribution is 2.23. The zero-order valence-corrected chi connectivity index (χ0v) is 11.8. The molecule has 1 aromatic rings. The lowest BCUT2D eigenvalue weighted by molar-refractivity contribution is -0.144. The molecule has 6 heteroatoms. The van der Waals surface area contributed by atoms with Gasteiger partial charge in [0.1, 0.15) is 11.8 Å². The molecule has 2 atom stereocenters. The van der Waals surface area contributed by atoms with E-state index >= 15 is 0 Å². The van der Waals surface area contributed by atoms with Gasteiger partial charge in [-0.15, -0.1) is 0 Å². The number of carbonyl (C=O) groups excluding carboxylic acids is 1. The number of furan rings is 1. The lowest BCUT2D eigenvalue weighted by Gasteiger charge is -2.25. The van der Waals surface area contributed by atoms with Gasteiger partial charge in [0, 0.05) is 7.05 Å². The molecule has 0 radical (unpaired) electrons. The van der Waals surface area contributed by atoms with Crippen LogP contribution in [-0.4, -0.2) is 53.0 Å². The van der Waals surface area contributed by atoms with E-state index in [2.05, 4.69) is 0 Å². The van der Waals surface area contributed by atoms with Gasteiger partial charge in [0.05, 0.1) is 19.4 Å². The number of rotatable bonds is 5. The van der Waals surface area contributed by atoms with Crippen LogP contribution in [0.15, 0.2) is 22.8 Å². The van der Waals surface area contributed by atoms with Crippen molar-refractivity contribution in [1.82, 2.24) is 9.80 Å². The molecule has 1 amide bonds. The first-order valence-electron chi connectivity index (χ1n) is 6.72. The fraction of sp³-hybridized carbons (Fsp3) is 0.571. The van der Waals surface area contributed by atoms with Crippen LogP contribution in [0.3, 0.4) is 0 Å². The molecule has 2 heterocycles. The van der Waals surface area contributed by atoms with E-state index in [-0.39, 0.29) is 18.4 Å². The monoisotopic (exact) mass is 280 g/mol. The molecule has 110 valence electrons. The predicted molar refractivity (Wildman–Crippen MR) is 72.0 cm³/mol. The smallest absolute Gasteiger partial charge is 0.321 e. The zero-order valence-electron chi connectivity index (χ0n) is 11.8. The fourth-order valence-corrected chi connectivity index (χ4v) is 2.62. The Kier molecular flexibility index (Phi) is 4.44. The first kappa shape index (κ1) is 14.6. The molecule has 1 fully saturated rings. The number of carbonyl (C=O) groups is 2. The maximum Gasteiger partial charge on any atom is 0.321 e. The molecule has 2 unspecified atom stereocenters. The number of likely N-dealkylation sites (N-methyl/N-ethyl adjacent to an activating group) is 1. The average molecular weight is 280 g/mol. The average Bonchev–Trinajstić information content (AvgIpc) is 2.99. The van der Waals surface area contributed by atoms with Gasteiger partial charge in [-0.1, -0.05) is 6.92 Å². The standard InChI is InChI=1S/C14H20N2O4/c1-10-5-6-16(13(10)14(18)19)9-12(17)15(2)8-11-4-3-7-20-11/h3-4,7,10,13H,5-6,8-9H2,1-2H3,(H,18,19). The SMILES string of the molecule is CC1CCN(CC(=O)N(C)Cc2ccco2)C1C(=O)O. The number of hydrogen-bond acceptors (Lipinski definition) is 4.